The van der Waals surface area contributed by atoms with Crippen molar-refractivity contribution < 1.29 is 13.9 Å². The van der Waals surface area contributed by atoms with Crippen LogP contribution < -0.4 is 5.32 Å². The predicted molar refractivity (Wildman–Crippen MR) is 57.3 cm³/mol. The Morgan fingerprint density at radius 1 is 1.25 bits per heavy atom. The number of phenolic OH excluding ortho intramolecular Hbond substituents is 1. The van der Waals surface area contributed by atoms with E-state index < -0.39 is 5.82 Å². The second kappa shape index (κ2) is 4.81. The monoisotopic (exact) mass is 221 g/mol. The fraction of sp³-hybridized carbons (Fsp3) is 0.167. The van der Waals surface area contributed by atoms with Gasteiger partial charge in [0.25, 0.3) is 0 Å². The predicted octanol–water partition coefficient (Wildman–Crippen LogP) is 2.41. The molecule has 1 heterocycles. The molecule has 0 radical (unpaired) electrons. The molecule has 0 saturated carbocycles. The van der Waals surface area contributed by atoms with Gasteiger partial charge in [-0.1, -0.05) is 12.1 Å². The van der Waals surface area contributed by atoms with Crippen LogP contribution in [0, 0.1) is 5.82 Å². The maximum absolute atomic E-state index is 13.0. The van der Waals surface area contributed by atoms with Crippen LogP contribution in [-0.2, 0) is 13.1 Å². The molecule has 2 N–H and O–H groups in total. The first-order valence-electron chi connectivity index (χ1n) is 4.95. The van der Waals surface area contributed by atoms with E-state index in [4.69, 9.17) is 4.42 Å². The van der Waals surface area contributed by atoms with Crippen LogP contribution in [0.2, 0.25) is 0 Å². The van der Waals surface area contributed by atoms with E-state index in [1.165, 1.54) is 6.07 Å². The molecule has 1 aromatic carbocycles. The summed E-state index contributed by atoms with van der Waals surface area (Å²) in [4.78, 5) is 0. The lowest BCUT2D eigenvalue weighted by Crippen LogP contribution is -2.12. The number of aromatic hydroxyl groups is 1. The minimum Gasteiger partial charge on any atom is -0.505 e. The van der Waals surface area contributed by atoms with Gasteiger partial charge < -0.3 is 14.8 Å². The molecule has 4 heteroatoms. The van der Waals surface area contributed by atoms with Crippen LogP contribution >= 0.6 is 0 Å². The normalized spacial score (nSPS) is 10.6. The van der Waals surface area contributed by atoms with Crippen molar-refractivity contribution in [2.75, 3.05) is 0 Å². The first-order chi connectivity index (χ1) is 7.77. The summed E-state index contributed by atoms with van der Waals surface area (Å²) >= 11 is 0. The molecule has 0 amide bonds. The molecule has 84 valence electrons. The zero-order chi connectivity index (χ0) is 11.4. The van der Waals surface area contributed by atoms with Gasteiger partial charge in [-0.05, 0) is 12.1 Å². The summed E-state index contributed by atoms with van der Waals surface area (Å²) in [6.07, 6.45) is 3.23. The number of furan rings is 1. The molecule has 0 aliphatic carbocycles. The van der Waals surface area contributed by atoms with E-state index in [0.29, 0.717) is 18.7 Å². The Balaban J connectivity index is 1.92. The van der Waals surface area contributed by atoms with E-state index in [1.54, 1.807) is 24.7 Å². The maximum Gasteiger partial charge on any atom is 0.165 e. The van der Waals surface area contributed by atoms with Crippen molar-refractivity contribution in [1.29, 1.82) is 0 Å². The summed E-state index contributed by atoms with van der Waals surface area (Å²) in [6, 6.07) is 6.33. The zero-order valence-corrected chi connectivity index (χ0v) is 8.61. The Morgan fingerprint density at radius 2 is 2.12 bits per heavy atom. The molecule has 2 rings (SSSR count). The maximum atomic E-state index is 13.0. The number of hydrogen-bond acceptors (Lipinski definition) is 3. The largest absolute Gasteiger partial charge is 0.505 e. The fourth-order valence-corrected chi connectivity index (χ4v) is 1.44. The van der Waals surface area contributed by atoms with Gasteiger partial charge in [-0.25, -0.2) is 4.39 Å². The molecule has 3 nitrogen and oxygen atoms in total. The van der Waals surface area contributed by atoms with Gasteiger partial charge in [-0.3, -0.25) is 0 Å². The van der Waals surface area contributed by atoms with E-state index >= 15 is 0 Å². The van der Waals surface area contributed by atoms with Gasteiger partial charge >= 0.3 is 0 Å². The van der Waals surface area contributed by atoms with Gasteiger partial charge in [0.1, 0.15) is 0 Å². The number of benzene rings is 1. The smallest absolute Gasteiger partial charge is 0.165 e. The third-order valence-electron chi connectivity index (χ3n) is 2.30. The van der Waals surface area contributed by atoms with Gasteiger partial charge in [0.05, 0.1) is 12.5 Å². The number of phenols is 1. The highest BCUT2D eigenvalue weighted by Crippen LogP contribution is 2.20. The van der Waals surface area contributed by atoms with Crippen LogP contribution in [0.4, 0.5) is 4.39 Å². The van der Waals surface area contributed by atoms with Crippen LogP contribution in [0.5, 0.6) is 5.75 Å². The molecular formula is C12H12FNO2. The van der Waals surface area contributed by atoms with Crippen LogP contribution in [0.25, 0.3) is 0 Å². The molecule has 0 aliphatic heterocycles. The Morgan fingerprint density at radius 3 is 2.88 bits per heavy atom. The highest BCUT2D eigenvalue weighted by Gasteiger charge is 2.05. The van der Waals surface area contributed by atoms with Crippen molar-refractivity contribution in [3.63, 3.8) is 0 Å². The first-order valence-corrected chi connectivity index (χ1v) is 4.95. The molecule has 16 heavy (non-hydrogen) atoms. The van der Waals surface area contributed by atoms with E-state index in [2.05, 4.69) is 5.32 Å². The number of halogens is 1. The Hall–Kier alpha value is -1.81. The summed E-state index contributed by atoms with van der Waals surface area (Å²) in [5.41, 5.74) is 1.55. The quantitative estimate of drug-likeness (QED) is 0.833. The number of rotatable bonds is 4. The Labute approximate surface area is 92.5 Å². The molecule has 0 saturated heterocycles. The number of para-hydroxylation sites is 1. The average molecular weight is 221 g/mol. The summed E-state index contributed by atoms with van der Waals surface area (Å²) in [5, 5.41) is 12.5. The molecule has 0 fully saturated rings. The van der Waals surface area contributed by atoms with Crippen LogP contribution in [-0.4, -0.2) is 5.11 Å². The Kier molecular flexibility index (Phi) is 3.22. The number of hydrogen-bond donors (Lipinski definition) is 2. The van der Waals surface area contributed by atoms with Crippen LogP contribution in [0.3, 0.4) is 0 Å². The molecular weight excluding hydrogens is 209 g/mol. The highest BCUT2D eigenvalue weighted by molar-refractivity contribution is 5.33. The van der Waals surface area contributed by atoms with Crippen molar-refractivity contribution >= 4 is 0 Å². The van der Waals surface area contributed by atoms with Crippen LogP contribution in [0.1, 0.15) is 11.1 Å². The lowest BCUT2D eigenvalue weighted by molar-refractivity contribution is 0.423. The zero-order valence-electron chi connectivity index (χ0n) is 8.61. The van der Waals surface area contributed by atoms with Crippen LogP contribution in [0.15, 0.2) is 41.2 Å². The lowest BCUT2D eigenvalue weighted by atomic mass is 10.2. The Bertz CT molecular complexity index is 454. The third kappa shape index (κ3) is 2.41. The molecule has 2 aromatic rings. The molecule has 0 spiro atoms. The first kappa shape index (κ1) is 10.7. The van der Waals surface area contributed by atoms with E-state index in [9.17, 15) is 9.50 Å². The molecule has 0 unspecified atom stereocenters. The summed E-state index contributed by atoms with van der Waals surface area (Å²) in [7, 11) is 0. The second-order valence-corrected chi connectivity index (χ2v) is 3.48. The molecule has 0 bridgehead atoms. The van der Waals surface area contributed by atoms with Crippen molar-refractivity contribution in [2.45, 2.75) is 13.1 Å². The van der Waals surface area contributed by atoms with Gasteiger partial charge in [0, 0.05) is 24.2 Å². The number of nitrogens with one attached hydrogen (secondary N) is 1. The molecule has 0 atom stereocenters. The molecule has 1 aromatic heterocycles. The average Bonchev–Trinajstić information content (AvgIpc) is 2.77. The van der Waals surface area contributed by atoms with Crippen molar-refractivity contribution in [3.05, 3.63) is 53.7 Å². The summed E-state index contributed by atoms with van der Waals surface area (Å²) in [6.45, 7) is 1.03. The van der Waals surface area contributed by atoms with Crippen molar-refractivity contribution in [2.24, 2.45) is 0 Å². The topological polar surface area (TPSA) is 45.4 Å². The SMILES string of the molecule is Oc1c(F)cccc1CNCc1ccoc1. The minimum absolute atomic E-state index is 0.290. The van der Waals surface area contributed by atoms with E-state index in [-0.39, 0.29) is 5.75 Å². The summed E-state index contributed by atoms with van der Waals surface area (Å²) in [5.74, 6) is -0.884. The standard InChI is InChI=1S/C12H12FNO2/c13-11-3-1-2-10(12(11)15)7-14-6-9-4-5-16-8-9/h1-5,8,14-15H,6-7H2. The van der Waals surface area contributed by atoms with E-state index in [0.717, 1.165) is 5.56 Å². The van der Waals surface area contributed by atoms with Crippen molar-refractivity contribution in [3.8, 4) is 5.75 Å². The third-order valence-corrected chi connectivity index (χ3v) is 2.30. The summed E-state index contributed by atoms with van der Waals surface area (Å²) < 4.78 is 17.9. The minimum atomic E-state index is -0.595. The van der Waals surface area contributed by atoms with Crippen molar-refractivity contribution in [1.82, 2.24) is 5.32 Å². The van der Waals surface area contributed by atoms with Gasteiger partial charge in [-0.2, -0.15) is 0 Å². The fourth-order valence-electron chi connectivity index (χ4n) is 1.44. The second-order valence-electron chi connectivity index (χ2n) is 3.48. The lowest BCUT2D eigenvalue weighted by Gasteiger charge is -2.06. The van der Waals surface area contributed by atoms with Gasteiger partial charge in [0.15, 0.2) is 11.6 Å². The molecule has 0 aliphatic rings. The van der Waals surface area contributed by atoms with Gasteiger partial charge in [0.2, 0.25) is 0 Å². The van der Waals surface area contributed by atoms with Gasteiger partial charge in [-0.15, -0.1) is 0 Å². The van der Waals surface area contributed by atoms with E-state index in [1.807, 2.05) is 6.07 Å². The highest BCUT2D eigenvalue weighted by atomic mass is 19.1.